The highest BCUT2D eigenvalue weighted by molar-refractivity contribution is 5.77. The summed E-state index contributed by atoms with van der Waals surface area (Å²) < 4.78 is 0.780. The number of allylic oxidation sites excluding steroid dienone is 1. The fraction of sp³-hybridized carbons (Fsp3) is 0.0909. The summed E-state index contributed by atoms with van der Waals surface area (Å²) in [5, 5.41) is 12.3. The van der Waals surface area contributed by atoms with Crippen LogP contribution in [-0.2, 0) is 0 Å². The standard InChI is InChI=1S/C11H10N2O/c1-2-5-11-12-10-7-4-3-6-9(10)8-13(11)14/h2-8H,1H3/b5-2+. The molecule has 0 N–H and O–H groups in total. The van der Waals surface area contributed by atoms with E-state index >= 15 is 0 Å². The zero-order chi connectivity index (χ0) is 9.97. The molecule has 0 unspecified atom stereocenters. The van der Waals surface area contributed by atoms with Crippen LogP contribution < -0.4 is 4.73 Å². The number of para-hydroxylation sites is 1. The molecule has 3 nitrogen and oxygen atoms in total. The average molecular weight is 186 g/mol. The molecule has 1 aromatic heterocycles. The first-order valence-corrected chi connectivity index (χ1v) is 4.43. The summed E-state index contributed by atoms with van der Waals surface area (Å²) in [7, 11) is 0. The Balaban J connectivity index is 2.70. The van der Waals surface area contributed by atoms with E-state index in [9.17, 15) is 5.21 Å². The molecular weight excluding hydrogens is 176 g/mol. The fourth-order valence-electron chi connectivity index (χ4n) is 1.32. The molecule has 0 bridgehead atoms. The van der Waals surface area contributed by atoms with Crippen molar-refractivity contribution >= 4 is 17.0 Å². The molecular formula is C11H10N2O. The second-order valence-electron chi connectivity index (χ2n) is 2.98. The van der Waals surface area contributed by atoms with Gasteiger partial charge in [-0.3, -0.25) is 0 Å². The van der Waals surface area contributed by atoms with E-state index < -0.39 is 0 Å². The van der Waals surface area contributed by atoms with E-state index in [1.165, 1.54) is 6.20 Å². The predicted molar refractivity (Wildman–Crippen MR) is 55.4 cm³/mol. The van der Waals surface area contributed by atoms with Gasteiger partial charge in [-0.15, -0.1) is 0 Å². The molecule has 0 aliphatic rings. The van der Waals surface area contributed by atoms with E-state index in [-0.39, 0.29) is 0 Å². The molecule has 0 spiro atoms. The summed E-state index contributed by atoms with van der Waals surface area (Å²) in [5.41, 5.74) is 0.840. The van der Waals surface area contributed by atoms with Crippen LogP contribution in [0.1, 0.15) is 12.7 Å². The van der Waals surface area contributed by atoms with Gasteiger partial charge in [0.15, 0.2) is 5.52 Å². The number of aromatic nitrogens is 2. The van der Waals surface area contributed by atoms with Gasteiger partial charge in [0, 0.05) is 6.08 Å². The smallest absolute Gasteiger partial charge is 0.326 e. The highest BCUT2D eigenvalue weighted by Gasteiger charge is 2.06. The molecule has 0 saturated carbocycles. The van der Waals surface area contributed by atoms with Crippen molar-refractivity contribution in [3.63, 3.8) is 0 Å². The Labute approximate surface area is 81.9 Å². The lowest BCUT2D eigenvalue weighted by Crippen LogP contribution is -2.30. The van der Waals surface area contributed by atoms with Crippen LogP contribution >= 0.6 is 0 Å². The summed E-state index contributed by atoms with van der Waals surface area (Å²) >= 11 is 0. The maximum Gasteiger partial charge on any atom is 0.326 e. The molecule has 0 radical (unpaired) electrons. The van der Waals surface area contributed by atoms with Crippen molar-refractivity contribution in [1.29, 1.82) is 0 Å². The minimum atomic E-state index is 0.422. The third-order valence-corrected chi connectivity index (χ3v) is 1.97. The Morgan fingerprint density at radius 1 is 1.36 bits per heavy atom. The second kappa shape index (κ2) is 3.46. The third kappa shape index (κ3) is 1.44. The van der Waals surface area contributed by atoms with Crippen LogP contribution in [0.25, 0.3) is 17.0 Å². The Kier molecular flexibility index (Phi) is 2.14. The SMILES string of the molecule is C/C=C/c1nc2ccccc2c[n+]1[O-]. The Morgan fingerprint density at radius 2 is 2.14 bits per heavy atom. The van der Waals surface area contributed by atoms with Crippen molar-refractivity contribution in [3.8, 4) is 0 Å². The Morgan fingerprint density at radius 3 is 2.93 bits per heavy atom. The van der Waals surface area contributed by atoms with Crippen LogP contribution in [0.4, 0.5) is 0 Å². The number of nitrogens with zero attached hydrogens (tertiary/aromatic N) is 2. The third-order valence-electron chi connectivity index (χ3n) is 1.97. The topological polar surface area (TPSA) is 39.8 Å². The van der Waals surface area contributed by atoms with Crippen LogP contribution in [0, 0.1) is 5.21 Å². The first-order valence-electron chi connectivity index (χ1n) is 4.43. The summed E-state index contributed by atoms with van der Waals surface area (Å²) in [6, 6.07) is 7.56. The molecule has 3 heteroatoms. The monoisotopic (exact) mass is 186 g/mol. The van der Waals surface area contributed by atoms with Crippen molar-refractivity contribution in [2.24, 2.45) is 0 Å². The van der Waals surface area contributed by atoms with Crippen LogP contribution in [0.2, 0.25) is 0 Å². The zero-order valence-electron chi connectivity index (χ0n) is 7.84. The maximum absolute atomic E-state index is 11.4. The van der Waals surface area contributed by atoms with Crippen LogP contribution in [-0.4, -0.2) is 4.98 Å². The highest BCUT2D eigenvalue weighted by Crippen LogP contribution is 2.08. The lowest BCUT2D eigenvalue weighted by atomic mass is 10.2. The molecule has 2 aromatic rings. The first kappa shape index (κ1) is 8.69. The van der Waals surface area contributed by atoms with Crippen molar-refractivity contribution in [3.05, 3.63) is 47.6 Å². The molecule has 0 fully saturated rings. The van der Waals surface area contributed by atoms with Gasteiger partial charge in [0.25, 0.3) is 0 Å². The first-order chi connectivity index (χ1) is 6.81. The van der Waals surface area contributed by atoms with Gasteiger partial charge in [-0.05, 0) is 24.0 Å². The summed E-state index contributed by atoms with van der Waals surface area (Å²) in [6.07, 6.45) is 5.03. The Hall–Kier alpha value is -1.90. The number of benzene rings is 1. The number of fused-ring (bicyclic) bond motifs is 1. The van der Waals surface area contributed by atoms with Gasteiger partial charge in [0.1, 0.15) is 6.20 Å². The number of hydrogen-bond acceptors (Lipinski definition) is 2. The predicted octanol–water partition coefficient (Wildman–Crippen LogP) is 1.90. The molecule has 2 rings (SSSR count). The van der Waals surface area contributed by atoms with E-state index in [4.69, 9.17) is 0 Å². The lowest BCUT2D eigenvalue weighted by Gasteiger charge is -2.03. The zero-order valence-corrected chi connectivity index (χ0v) is 7.84. The van der Waals surface area contributed by atoms with Crippen LogP contribution in [0.3, 0.4) is 0 Å². The molecule has 1 aromatic carbocycles. The van der Waals surface area contributed by atoms with Gasteiger partial charge in [0.05, 0.1) is 5.39 Å². The molecule has 0 atom stereocenters. The van der Waals surface area contributed by atoms with Gasteiger partial charge < -0.3 is 5.21 Å². The van der Waals surface area contributed by atoms with Crippen LogP contribution in [0.15, 0.2) is 36.5 Å². The molecule has 0 aliphatic heterocycles. The van der Waals surface area contributed by atoms with Gasteiger partial charge in [0.2, 0.25) is 0 Å². The van der Waals surface area contributed by atoms with Gasteiger partial charge in [-0.25, -0.2) is 4.73 Å². The quantitative estimate of drug-likeness (QED) is 0.504. The van der Waals surface area contributed by atoms with Crippen molar-refractivity contribution in [2.45, 2.75) is 6.92 Å². The average Bonchev–Trinajstić information content (AvgIpc) is 2.19. The summed E-state index contributed by atoms with van der Waals surface area (Å²) in [5.74, 6) is 0.422. The molecule has 0 aliphatic carbocycles. The lowest BCUT2D eigenvalue weighted by molar-refractivity contribution is -0.609. The van der Waals surface area contributed by atoms with Crippen molar-refractivity contribution in [2.75, 3.05) is 0 Å². The van der Waals surface area contributed by atoms with E-state index in [1.807, 2.05) is 31.2 Å². The molecule has 0 amide bonds. The number of rotatable bonds is 1. The highest BCUT2D eigenvalue weighted by atomic mass is 16.5. The Bertz CT molecular complexity index is 492. The van der Waals surface area contributed by atoms with E-state index in [1.54, 1.807) is 12.2 Å². The normalized spacial score (nSPS) is 11.2. The number of hydrogen-bond donors (Lipinski definition) is 0. The van der Waals surface area contributed by atoms with Crippen molar-refractivity contribution < 1.29 is 4.73 Å². The molecule has 1 heterocycles. The molecule has 0 saturated heterocycles. The fourth-order valence-corrected chi connectivity index (χ4v) is 1.32. The minimum absolute atomic E-state index is 0.422. The maximum atomic E-state index is 11.4. The van der Waals surface area contributed by atoms with Gasteiger partial charge in [-0.2, -0.15) is 0 Å². The van der Waals surface area contributed by atoms with Gasteiger partial charge >= 0.3 is 5.82 Å². The largest absolute Gasteiger partial charge is 0.710 e. The molecule has 14 heavy (non-hydrogen) atoms. The van der Waals surface area contributed by atoms with Crippen LogP contribution in [0.5, 0.6) is 0 Å². The van der Waals surface area contributed by atoms with Gasteiger partial charge in [-0.1, -0.05) is 18.2 Å². The minimum Gasteiger partial charge on any atom is -0.710 e. The van der Waals surface area contributed by atoms with E-state index in [2.05, 4.69) is 4.98 Å². The second-order valence-corrected chi connectivity index (χ2v) is 2.98. The van der Waals surface area contributed by atoms with Crippen molar-refractivity contribution in [1.82, 2.24) is 4.98 Å². The van der Waals surface area contributed by atoms with E-state index in [0.717, 1.165) is 15.6 Å². The molecule has 70 valence electrons. The van der Waals surface area contributed by atoms with E-state index in [0.29, 0.717) is 5.82 Å². The summed E-state index contributed by atoms with van der Waals surface area (Å²) in [4.78, 5) is 4.23. The summed E-state index contributed by atoms with van der Waals surface area (Å²) in [6.45, 7) is 1.86.